The van der Waals surface area contributed by atoms with Crippen LogP contribution in [-0.2, 0) is 10.0 Å². The Bertz CT molecular complexity index is 641. The van der Waals surface area contributed by atoms with Crippen LogP contribution < -0.4 is 0 Å². The molecule has 1 N–H and O–H groups in total. The van der Waals surface area contributed by atoms with E-state index < -0.39 is 10.0 Å². The van der Waals surface area contributed by atoms with Crippen LogP contribution in [0.4, 0.5) is 0 Å². The molecule has 2 heterocycles. The Morgan fingerprint density at radius 2 is 1.71 bits per heavy atom. The molecule has 21 heavy (non-hydrogen) atoms. The van der Waals surface area contributed by atoms with Gasteiger partial charge in [0.15, 0.2) is 0 Å². The Balaban J connectivity index is 1.97. The van der Waals surface area contributed by atoms with E-state index in [1.165, 1.54) is 0 Å². The zero-order chi connectivity index (χ0) is 15.0. The molecule has 2 aliphatic rings. The van der Waals surface area contributed by atoms with E-state index in [1.807, 2.05) is 0 Å². The first kappa shape index (κ1) is 14.8. The van der Waals surface area contributed by atoms with Crippen molar-refractivity contribution in [2.24, 2.45) is 5.16 Å². The van der Waals surface area contributed by atoms with Crippen molar-refractivity contribution in [1.29, 1.82) is 0 Å². The average molecular weight is 329 g/mol. The fraction of sp³-hybridized carbons (Fsp3) is 0.500. The highest BCUT2D eigenvalue weighted by atomic mass is 35.5. The molecule has 0 aliphatic carbocycles. The zero-order valence-electron chi connectivity index (χ0n) is 11.4. The molecule has 2 fully saturated rings. The number of fused-ring (bicyclic) bond motifs is 2. The number of piperidine rings is 2. The van der Waals surface area contributed by atoms with E-state index in [1.54, 1.807) is 28.6 Å². The van der Waals surface area contributed by atoms with E-state index in [2.05, 4.69) is 5.16 Å². The van der Waals surface area contributed by atoms with Crippen LogP contribution in [0.1, 0.15) is 32.1 Å². The van der Waals surface area contributed by atoms with Gasteiger partial charge in [-0.1, -0.05) is 23.2 Å². The summed E-state index contributed by atoms with van der Waals surface area (Å²) < 4.78 is 27.4. The summed E-state index contributed by atoms with van der Waals surface area (Å²) in [5.74, 6) is 0. The summed E-state index contributed by atoms with van der Waals surface area (Å²) in [4.78, 5) is 0.271. The van der Waals surface area contributed by atoms with E-state index in [0.717, 1.165) is 19.3 Å². The highest BCUT2D eigenvalue weighted by molar-refractivity contribution is 7.89. The first-order valence-electron chi connectivity index (χ1n) is 7.01. The smallest absolute Gasteiger partial charge is 0.243 e. The average Bonchev–Trinajstić information content (AvgIpc) is 2.46. The SMILES string of the molecule is O=S(=O)(c1ccc(Cl)cc1)N1C2CCCC1CC(=NO)C2. The molecule has 2 unspecified atom stereocenters. The monoisotopic (exact) mass is 328 g/mol. The summed E-state index contributed by atoms with van der Waals surface area (Å²) >= 11 is 5.83. The van der Waals surface area contributed by atoms with Crippen molar-refractivity contribution in [3.05, 3.63) is 29.3 Å². The number of nitrogens with zero attached hydrogens (tertiary/aromatic N) is 2. The number of rotatable bonds is 2. The molecule has 2 bridgehead atoms. The molecule has 1 aromatic rings. The lowest BCUT2D eigenvalue weighted by molar-refractivity contribution is 0.166. The quantitative estimate of drug-likeness (QED) is 0.670. The first-order valence-corrected chi connectivity index (χ1v) is 8.83. The van der Waals surface area contributed by atoms with Crippen molar-refractivity contribution in [1.82, 2.24) is 4.31 Å². The maximum absolute atomic E-state index is 12.9. The third-order valence-corrected chi connectivity index (χ3v) is 6.54. The Labute approximate surface area is 129 Å². The molecule has 0 spiro atoms. The standard InChI is InChI=1S/C14H17ClN2O3S/c15-10-4-6-14(7-5-10)21(19,20)17-12-2-1-3-13(17)9-11(8-12)16-18/h4-7,12-13,18H,1-3,8-9H2. The fourth-order valence-electron chi connectivity index (χ4n) is 3.36. The van der Waals surface area contributed by atoms with E-state index in [4.69, 9.17) is 16.8 Å². The van der Waals surface area contributed by atoms with Gasteiger partial charge in [0.05, 0.1) is 10.6 Å². The second kappa shape index (κ2) is 5.59. The summed E-state index contributed by atoms with van der Waals surface area (Å²) in [5.41, 5.74) is 0.701. The van der Waals surface area contributed by atoms with E-state index in [-0.39, 0.29) is 17.0 Å². The lowest BCUT2D eigenvalue weighted by Gasteiger charge is -2.44. The number of benzene rings is 1. The van der Waals surface area contributed by atoms with Crippen LogP contribution in [-0.4, -0.2) is 35.7 Å². The minimum absolute atomic E-state index is 0.107. The minimum Gasteiger partial charge on any atom is -0.411 e. The Kier molecular flexibility index (Phi) is 3.94. The Hall–Kier alpha value is -1.11. The normalized spacial score (nSPS) is 26.6. The molecule has 0 saturated carbocycles. The van der Waals surface area contributed by atoms with Crippen LogP contribution in [0.3, 0.4) is 0 Å². The van der Waals surface area contributed by atoms with Crippen LogP contribution >= 0.6 is 11.6 Å². The van der Waals surface area contributed by atoms with Gasteiger partial charge in [0.1, 0.15) is 0 Å². The second-order valence-corrected chi connectivity index (χ2v) is 7.88. The maximum atomic E-state index is 12.9. The van der Waals surface area contributed by atoms with Crippen molar-refractivity contribution >= 4 is 27.3 Å². The topological polar surface area (TPSA) is 70.0 Å². The van der Waals surface area contributed by atoms with Crippen LogP contribution in [0.2, 0.25) is 5.02 Å². The van der Waals surface area contributed by atoms with Crippen molar-refractivity contribution in [3.8, 4) is 0 Å². The van der Waals surface area contributed by atoms with Crippen LogP contribution in [0.15, 0.2) is 34.3 Å². The molecule has 1 aromatic carbocycles. The lowest BCUT2D eigenvalue weighted by atomic mass is 9.86. The molecule has 7 heteroatoms. The van der Waals surface area contributed by atoms with Gasteiger partial charge in [0.25, 0.3) is 0 Å². The molecule has 2 atom stereocenters. The van der Waals surface area contributed by atoms with Gasteiger partial charge in [0.2, 0.25) is 10.0 Å². The third-order valence-electron chi connectivity index (χ3n) is 4.27. The van der Waals surface area contributed by atoms with Crippen LogP contribution in [0.5, 0.6) is 0 Å². The molecule has 114 valence electrons. The Morgan fingerprint density at radius 1 is 1.14 bits per heavy atom. The molecule has 2 aliphatic heterocycles. The molecule has 0 aromatic heterocycles. The van der Waals surface area contributed by atoms with Gasteiger partial charge in [-0.15, -0.1) is 0 Å². The summed E-state index contributed by atoms with van der Waals surface area (Å²) in [6.45, 7) is 0. The number of halogens is 1. The highest BCUT2D eigenvalue weighted by Crippen LogP contribution is 2.37. The Morgan fingerprint density at radius 3 is 2.24 bits per heavy atom. The summed E-state index contributed by atoms with van der Waals surface area (Å²) in [7, 11) is -3.53. The summed E-state index contributed by atoms with van der Waals surface area (Å²) in [6, 6.07) is 6.06. The van der Waals surface area contributed by atoms with E-state index in [0.29, 0.717) is 23.6 Å². The zero-order valence-corrected chi connectivity index (χ0v) is 13.0. The van der Waals surface area contributed by atoms with Crippen LogP contribution in [0.25, 0.3) is 0 Å². The van der Waals surface area contributed by atoms with Crippen molar-refractivity contribution in [2.75, 3.05) is 0 Å². The fourth-order valence-corrected chi connectivity index (χ4v) is 5.35. The van der Waals surface area contributed by atoms with Gasteiger partial charge in [-0.05, 0) is 37.1 Å². The molecule has 0 amide bonds. The van der Waals surface area contributed by atoms with Gasteiger partial charge >= 0.3 is 0 Å². The van der Waals surface area contributed by atoms with E-state index >= 15 is 0 Å². The van der Waals surface area contributed by atoms with Crippen molar-refractivity contribution < 1.29 is 13.6 Å². The number of sulfonamides is 1. The van der Waals surface area contributed by atoms with Crippen LogP contribution in [0, 0.1) is 0 Å². The van der Waals surface area contributed by atoms with Crippen molar-refractivity contribution in [3.63, 3.8) is 0 Å². The second-order valence-electron chi connectivity index (χ2n) is 5.60. The van der Waals surface area contributed by atoms with Gasteiger partial charge < -0.3 is 5.21 Å². The van der Waals surface area contributed by atoms with Gasteiger partial charge in [-0.25, -0.2) is 8.42 Å². The number of oxime groups is 1. The minimum atomic E-state index is -3.53. The molecule has 2 saturated heterocycles. The maximum Gasteiger partial charge on any atom is 0.243 e. The van der Waals surface area contributed by atoms with Gasteiger partial charge in [-0.3, -0.25) is 0 Å². The lowest BCUT2D eigenvalue weighted by Crippen LogP contribution is -2.54. The van der Waals surface area contributed by atoms with Gasteiger partial charge in [-0.2, -0.15) is 4.31 Å². The molecule has 0 radical (unpaired) electrons. The predicted molar refractivity (Wildman–Crippen MR) is 80.4 cm³/mol. The summed E-state index contributed by atoms with van der Waals surface area (Å²) in [5, 5.41) is 12.8. The predicted octanol–water partition coefficient (Wildman–Crippen LogP) is 2.88. The highest BCUT2D eigenvalue weighted by Gasteiger charge is 2.44. The molecular formula is C14H17ClN2O3S. The number of hydrogen-bond acceptors (Lipinski definition) is 4. The largest absolute Gasteiger partial charge is 0.411 e. The first-order chi connectivity index (χ1) is 10.0. The van der Waals surface area contributed by atoms with Gasteiger partial charge in [0, 0.05) is 29.9 Å². The molecule has 5 nitrogen and oxygen atoms in total. The van der Waals surface area contributed by atoms with Crippen molar-refractivity contribution in [2.45, 2.75) is 49.1 Å². The van der Waals surface area contributed by atoms with E-state index in [9.17, 15) is 8.42 Å². The number of hydrogen-bond donors (Lipinski definition) is 1. The summed E-state index contributed by atoms with van der Waals surface area (Å²) in [6.07, 6.45) is 3.66. The molecular weight excluding hydrogens is 312 g/mol. The molecule has 3 rings (SSSR count). The third kappa shape index (κ3) is 2.67.